The lowest BCUT2D eigenvalue weighted by Crippen LogP contribution is -2.31. The molecule has 0 aliphatic carbocycles. The number of hydrogen-bond acceptors (Lipinski definition) is 4. The van der Waals surface area contributed by atoms with Crippen molar-refractivity contribution in [3.63, 3.8) is 0 Å². The van der Waals surface area contributed by atoms with Crippen LogP contribution in [0.5, 0.6) is 0 Å². The van der Waals surface area contributed by atoms with Gasteiger partial charge in [-0.3, -0.25) is 0 Å². The zero-order valence-electron chi connectivity index (χ0n) is 7.44. The number of nitrogens with zero attached hydrogens (tertiary/aromatic N) is 2. The van der Waals surface area contributed by atoms with Crippen molar-refractivity contribution < 1.29 is 0 Å². The minimum absolute atomic E-state index is 0.649. The Morgan fingerprint density at radius 1 is 1.38 bits per heavy atom. The molecule has 0 unspecified atom stereocenters. The molecule has 70 valence electrons. The summed E-state index contributed by atoms with van der Waals surface area (Å²) in [4.78, 5) is 8.39. The van der Waals surface area contributed by atoms with Crippen molar-refractivity contribution in [1.82, 2.24) is 15.3 Å². The summed E-state index contributed by atoms with van der Waals surface area (Å²) in [5.41, 5.74) is 0. The van der Waals surface area contributed by atoms with Gasteiger partial charge in [0.2, 0.25) is 0 Å². The van der Waals surface area contributed by atoms with Gasteiger partial charge in [0.15, 0.2) is 5.16 Å². The number of rotatable bonds is 2. The largest absolute Gasteiger partial charge is 0.316 e. The molecule has 3 nitrogen and oxygen atoms in total. The Labute approximate surface area is 82.4 Å². The van der Waals surface area contributed by atoms with Gasteiger partial charge in [0, 0.05) is 24.2 Å². The Morgan fingerprint density at radius 2 is 2.23 bits per heavy atom. The molecule has 1 aliphatic heterocycles. The van der Waals surface area contributed by atoms with E-state index in [4.69, 9.17) is 0 Å². The number of thioether (sulfide) groups is 1. The summed E-state index contributed by atoms with van der Waals surface area (Å²) in [7, 11) is 0. The molecule has 0 saturated carbocycles. The van der Waals surface area contributed by atoms with E-state index in [9.17, 15) is 0 Å². The van der Waals surface area contributed by atoms with Gasteiger partial charge in [-0.05, 0) is 25.5 Å². The van der Waals surface area contributed by atoms with E-state index in [2.05, 4.69) is 15.3 Å². The van der Waals surface area contributed by atoms with E-state index in [0.717, 1.165) is 18.2 Å². The normalized spacial score (nSPS) is 22.9. The van der Waals surface area contributed by atoms with Crippen LogP contribution < -0.4 is 5.32 Å². The first-order chi connectivity index (χ1) is 6.45. The predicted molar refractivity (Wildman–Crippen MR) is 53.8 cm³/mol. The first kappa shape index (κ1) is 8.97. The summed E-state index contributed by atoms with van der Waals surface area (Å²) in [5, 5.41) is 4.93. The second-order valence-electron chi connectivity index (χ2n) is 3.12. The Kier molecular flexibility index (Phi) is 3.16. The SMILES string of the molecule is c1cnc(S[C@H]2CCCNC2)nc1. The van der Waals surface area contributed by atoms with Crippen molar-refractivity contribution in [2.45, 2.75) is 23.2 Å². The fraction of sp³-hybridized carbons (Fsp3) is 0.556. The maximum atomic E-state index is 4.20. The summed E-state index contributed by atoms with van der Waals surface area (Å²) in [6, 6.07) is 1.85. The third-order valence-corrected chi connectivity index (χ3v) is 3.22. The molecular formula is C9H13N3S. The van der Waals surface area contributed by atoms with Crippen LogP contribution in [0.1, 0.15) is 12.8 Å². The molecule has 1 N–H and O–H groups in total. The van der Waals surface area contributed by atoms with E-state index in [1.807, 2.05) is 6.07 Å². The molecule has 1 saturated heterocycles. The topological polar surface area (TPSA) is 37.8 Å². The molecule has 1 aliphatic rings. The smallest absolute Gasteiger partial charge is 0.187 e. The van der Waals surface area contributed by atoms with E-state index in [1.165, 1.54) is 12.8 Å². The Morgan fingerprint density at radius 3 is 2.92 bits per heavy atom. The van der Waals surface area contributed by atoms with E-state index >= 15 is 0 Å². The van der Waals surface area contributed by atoms with Crippen LogP contribution in [-0.2, 0) is 0 Å². The monoisotopic (exact) mass is 195 g/mol. The van der Waals surface area contributed by atoms with Crippen molar-refractivity contribution in [3.05, 3.63) is 18.5 Å². The van der Waals surface area contributed by atoms with Gasteiger partial charge in [0.1, 0.15) is 0 Å². The highest BCUT2D eigenvalue weighted by atomic mass is 32.2. The number of hydrogen-bond donors (Lipinski definition) is 1. The minimum Gasteiger partial charge on any atom is -0.316 e. The molecule has 2 rings (SSSR count). The molecule has 1 aromatic rings. The fourth-order valence-corrected chi connectivity index (χ4v) is 2.44. The average Bonchev–Trinajstić information content (AvgIpc) is 2.21. The summed E-state index contributed by atoms with van der Waals surface area (Å²) >= 11 is 1.78. The number of nitrogens with one attached hydrogen (secondary N) is 1. The van der Waals surface area contributed by atoms with Crippen LogP contribution >= 0.6 is 11.8 Å². The Bertz CT molecular complexity index is 246. The molecular weight excluding hydrogens is 182 g/mol. The molecule has 4 heteroatoms. The molecule has 0 aromatic carbocycles. The molecule has 0 spiro atoms. The van der Waals surface area contributed by atoms with Gasteiger partial charge in [0.05, 0.1) is 0 Å². The summed E-state index contributed by atoms with van der Waals surface area (Å²) in [6.45, 7) is 2.25. The second kappa shape index (κ2) is 4.58. The lowest BCUT2D eigenvalue weighted by Gasteiger charge is -2.20. The number of piperidine rings is 1. The van der Waals surface area contributed by atoms with Crippen LogP contribution in [-0.4, -0.2) is 28.3 Å². The van der Waals surface area contributed by atoms with Crippen molar-refractivity contribution >= 4 is 11.8 Å². The molecule has 1 aromatic heterocycles. The molecule has 0 bridgehead atoms. The zero-order chi connectivity index (χ0) is 8.93. The molecule has 1 fully saturated rings. The van der Waals surface area contributed by atoms with Crippen LogP contribution in [0.15, 0.2) is 23.6 Å². The van der Waals surface area contributed by atoms with Gasteiger partial charge >= 0.3 is 0 Å². The molecule has 0 amide bonds. The van der Waals surface area contributed by atoms with Crippen molar-refractivity contribution in [1.29, 1.82) is 0 Å². The Balaban J connectivity index is 1.90. The average molecular weight is 195 g/mol. The minimum atomic E-state index is 0.649. The lowest BCUT2D eigenvalue weighted by molar-refractivity contribution is 0.530. The van der Waals surface area contributed by atoms with Gasteiger partial charge in [0.25, 0.3) is 0 Å². The molecule has 1 atom stereocenters. The number of aromatic nitrogens is 2. The van der Waals surface area contributed by atoms with E-state index in [0.29, 0.717) is 5.25 Å². The quantitative estimate of drug-likeness (QED) is 0.722. The first-order valence-electron chi connectivity index (χ1n) is 4.59. The van der Waals surface area contributed by atoms with Crippen molar-refractivity contribution in [3.8, 4) is 0 Å². The van der Waals surface area contributed by atoms with Crippen LogP contribution in [0.2, 0.25) is 0 Å². The van der Waals surface area contributed by atoms with Crippen LogP contribution in [0.3, 0.4) is 0 Å². The highest BCUT2D eigenvalue weighted by molar-refractivity contribution is 7.99. The zero-order valence-corrected chi connectivity index (χ0v) is 8.26. The van der Waals surface area contributed by atoms with Gasteiger partial charge in [-0.1, -0.05) is 11.8 Å². The van der Waals surface area contributed by atoms with Crippen LogP contribution in [0, 0.1) is 0 Å². The third kappa shape index (κ3) is 2.67. The van der Waals surface area contributed by atoms with Crippen LogP contribution in [0.25, 0.3) is 0 Å². The third-order valence-electron chi connectivity index (χ3n) is 2.07. The summed E-state index contributed by atoms with van der Waals surface area (Å²) in [6.07, 6.45) is 6.14. The summed E-state index contributed by atoms with van der Waals surface area (Å²) in [5.74, 6) is 0. The van der Waals surface area contributed by atoms with Crippen LogP contribution in [0.4, 0.5) is 0 Å². The van der Waals surface area contributed by atoms with Gasteiger partial charge in [-0.2, -0.15) is 0 Å². The van der Waals surface area contributed by atoms with Gasteiger partial charge < -0.3 is 5.32 Å². The van der Waals surface area contributed by atoms with Gasteiger partial charge in [-0.15, -0.1) is 0 Å². The van der Waals surface area contributed by atoms with Gasteiger partial charge in [-0.25, -0.2) is 9.97 Å². The molecule has 2 heterocycles. The standard InChI is InChI=1S/C9H13N3S/c1-3-8(7-10-4-1)13-9-11-5-2-6-12-9/h2,5-6,8,10H,1,3-4,7H2/t8-/m0/s1. The first-order valence-corrected chi connectivity index (χ1v) is 5.47. The lowest BCUT2D eigenvalue weighted by atomic mass is 10.2. The van der Waals surface area contributed by atoms with Crippen molar-refractivity contribution in [2.24, 2.45) is 0 Å². The maximum absolute atomic E-state index is 4.20. The highest BCUT2D eigenvalue weighted by Gasteiger charge is 2.14. The maximum Gasteiger partial charge on any atom is 0.187 e. The van der Waals surface area contributed by atoms with E-state index in [1.54, 1.807) is 24.2 Å². The fourth-order valence-electron chi connectivity index (χ4n) is 1.42. The van der Waals surface area contributed by atoms with E-state index < -0.39 is 0 Å². The molecule has 13 heavy (non-hydrogen) atoms. The van der Waals surface area contributed by atoms with Crippen molar-refractivity contribution in [2.75, 3.05) is 13.1 Å². The molecule has 0 radical (unpaired) electrons. The highest BCUT2D eigenvalue weighted by Crippen LogP contribution is 2.23. The summed E-state index contributed by atoms with van der Waals surface area (Å²) < 4.78 is 0. The van der Waals surface area contributed by atoms with E-state index in [-0.39, 0.29) is 0 Å². The second-order valence-corrected chi connectivity index (χ2v) is 4.39. The predicted octanol–water partition coefficient (Wildman–Crippen LogP) is 1.32. The Hall–Kier alpha value is -0.610.